The molecule has 1 aromatic carbocycles. The summed E-state index contributed by atoms with van der Waals surface area (Å²) >= 11 is 0. The number of rotatable bonds is 5. The second-order valence-corrected chi connectivity index (χ2v) is 7.76. The molecule has 0 spiro atoms. The van der Waals surface area contributed by atoms with Gasteiger partial charge in [-0.15, -0.1) is 0 Å². The summed E-state index contributed by atoms with van der Waals surface area (Å²) in [6.45, 7) is 3.27. The molecule has 172 valence electrons. The lowest BCUT2D eigenvalue weighted by atomic mass is 10.1. The molecule has 0 aliphatic heterocycles. The van der Waals surface area contributed by atoms with Crippen molar-refractivity contribution in [3.8, 4) is 11.6 Å². The molecule has 4 aromatic rings. The van der Waals surface area contributed by atoms with Gasteiger partial charge in [-0.25, -0.2) is 13.8 Å². The lowest BCUT2D eigenvalue weighted by molar-refractivity contribution is -0.142. The Bertz CT molecular complexity index is 1590. The van der Waals surface area contributed by atoms with Crippen LogP contribution in [-0.2, 0) is 36.7 Å². The van der Waals surface area contributed by atoms with Crippen molar-refractivity contribution in [3.05, 3.63) is 66.6 Å². The predicted molar refractivity (Wildman–Crippen MR) is 120 cm³/mol. The highest BCUT2D eigenvalue weighted by Gasteiger charge is 2.24. The number of imidazole rings is 1. The van der Waals surface area contributed by atoms with E-state index in [0.29, 0.717) is 12.1 Å². The summed E-state index contributed by atoms with van der Waals surface area (Å²) in [5.41, 5.74) is -0.373. The molecule has 4 rings (SSSR count). The van der Waals surface area contributed by atoms with E-state index in [-0.39, 0.29) is 41.4 Å². The van der Waals surface area contributed by atoms with Gasteiger partial charge < -0.3 is 9.84 Å². The quantitative estimate of drug-likeness (QED) is 0.442. The van der Waals surface area contributed by atoms with Gasteiger partial charge in [0.05, 0.1) is 11.3 Å². The summed E-state index contributed by atoms with van der Waals surface area (Å²) in [4.78, 5) is 54.2. The number of benzene rings is 1. The van der Waals surface area contributed by atoms with Gasteiger partial charge in [0.25, 0.3) is 11.1 Å². The fraction of sp³-hybridized carbons (Fsp3) is 0.318. The minimum absolute atomic E-state index is 0.00149. The maximum Gasteiger partial charge on any atom is 0.332 e. The van der Waals surface area contributed by atoms with E-state index >= 15 is 0 Å². The van der Waals surface area contributed by atoms with Crippen molar-refractivity contribution < 1.29 is 14.6 Å². The zero-order chi connectivity index (χ0) is 24.0. The monoisotopic (exact) mass is 453 g/mol. The zero-order valence-electron chi connectivity index (χ0n) is 18.7. The SMILES string of the molecule is CCCc1c(O)n2c3c(=O)n(C)c(=O)n(C)c3nc2n(-c2ccc(COC(C)=O)cc2)c1=O. The Hall–Kier alpha value is -4.15. The summed E-state index contributed by atoms with van der Waals surface area (Å²) in [5, 5.41) is 11.0. The molecule has 0 aliphatic carbocycles. The zero-order valence-corrected chi connectivity index (χ0v) is 18.7. The first-order valence-electron chi connectivity index (χ1n) is 10.3. The second kappa shape index (κ2) is 8.08. The van der Waals surface area contributed by atoms with Crippen molar-refractivity contribution in [1.29, 1.82) is 0 Å². The lowest BCUT2D eigenvalue weighted by Crippen LogP contribution is -2.37. The fourth-order valence-electron chi connectivity index (χ4n) is 3.82. The Balaban J connectivity index is 2.10. The first kappa shape index (κ1) is 22.1. The molecule has 11 heteroatoms. The van der Waals surface area contributed by atoms with Crippen molar-refractivity contribution in [2.75, 3.05) is 0 Å². The largest absolute Gasteiger partial charge is 0.494 e. The van der Waals surface area contributed by atoms with Crippen molar-refractivity contribution in [2.45, 2.75) is 33.3 Å². The molecule has 0 radical (unpaired) electrons. The molecular weight excluding hydrogens is 430 g/mol. The molecule has 33 heavy (non-hydrogen) atoms. The average molecular weight is 453 g/mol. The van der Waals surface area contributed by atoms with Gasteiger partial charge in [-0.1, -0.05) is 25.5 Å². The maximum atomic E-state index is 13.4. The molecule has 0 fully saturated rings. The average Bonchev–Trinajstić information content (AvgIpc) is 3.19. The molecule has 0 saturated heterocycles. The van der Waals surface area contributed by atoms with Gasteiger partial charge in [-0.2, -0.15) is 4.98 Å². The Morgan fingerprint density at radius 2 is 1.73 bits per heavy atom. The second-order valence-electron chi connectivity index (χ2n) is 7.76. The molecule has 0 unspecified atom stereocenters. The Morgan fingerprint density at radius 1 is 1.06 bits per heavy atom. The molecular formula is C22H23N5O6. The number of aromatic hydroxyl groups is 1. The van der Waals surface area contributed by atoms with Gasteiger partial charge >= 0.3 is 11.7 Å². The highest BCUT2D eigenvalue weighted by Crippen LogP contribution is 2.24. The van der Waals surface area contributed by atoms with E-state index in [1.54, 1.807) is 24.3 Å². The van der Waals surface area contributed by atoms with E-state index in [1.165, 1.54) is 34.6 Å². The first-order valence-corrected chi connectivity index (χ1v) is 10.3. The third-order valence-electron chi connectivity index (χ3n) is 5.52. The first-order chi connectivity index (χ1) is 15.7. The molecule has 0 saturated carbocycles. The van der Waals surface area contributed by atoms with Crippen LogP contribution in [0, 0.1) is 0 Å². The van der Waals surface area contributed by atoms with Crippen molar-refractivity contribution in [1.82, 2.24) is 23.1 Å². The van der Waals surface area contributed by atoms with Crippen LogP contribution in [-0.4, -0.2) is 34.2 Å². The Labute approximate surface area is 186 Å². The van der Waals surface area contributed by atoms with Crippen LogP contribution in [0.25, 0.3) is 22.6 Å². The number of esters is 1. The fourth-order valence-corrected chi connectivity index (χ4v) is 3.82. The number of aromatic nitrogens is 5. The van der Waals surface area contributed by atoms with E-state index in [2.05, 4.69) is 4.98 Å². The van der Waals surface area contributed by atoms with Crippen LogP contribution in [0.3, 0.4) is 0 Å². The number of ether oxygens (including phenoxy) is 1. The van der Waals surface area contributed by atoms with Crippen molar-refractivity contribution in [2.24, 2.45) is 14.1 Å². The highest BCUT2D eigenvalue weighted by molar-refractivity contribution is 5.77. The number of aryl methyl sites for hydroxylation is 1. The van der Waals surface area contributed by atoms with Crippen molar-refractivity contribution in [3.63, 3.8) is 0 Å². The third kappa shape index (κ3) is 3.41. The Morgan fingerprint density at radius 3 is 2.33 bits per heavy atom. The van der Waals surface area contributed by atoms with Crippen molar-refractivity contribution >= 4 is 22.9 Å². The molecule has 11 nitrogen and oxygen atoms in total. The summed E-state index contributed by atoms with van der Waals surface area (Å²) in [6, 6.07) is 6.71. The number of hydrogen-bond acceptors (Lipinski definition) is 7. The normalized spacial score (nSPS) is 11.4. The van der Waals surface area contributed by atoms with Gasteiger partial charge in [0, 0.05) is 21.0 Å². The third-order valence-corrected chi connectivity index (χ3v) is 5.52. The van der Waals surface area contributed by atoms with E-state index in [9.17, 15) is 24.3 Å². The van der Waals surface area contributed by atoms with Gasteiger partial charge in [-0.05, 0) is 24.1 Å². The molecule has 3 aromatic heterocycles. The maximum absolute atomic E-state index is 13.4. The van der Waals surface area contributed by atoms with Gasteiger partial charge in [0.2, 0.25) is 11.7 Å². The molecule has 0 bridgehead atoms. The topological polar surface area (TPSA) is 130 Å². The molecule has 0 atom stereocenters. The van der Waals surface area contributed by atoms with Gasteiger partial charge in [0.15, 0.2) is 11.2 Å². The van der Waals surface area contributed by atoms with Crippen LogP contribution in [0.2, 0.25) is 0 Å². The number of hydrogen-bond donors (Lipinski definition) is 1. The molecule has 0 amide bonds. The number of carbonyl (C=O) groups is 1. The molecule has 1 N–H and O–H groups in total. The highest BCUT2D eigenvalue weighted by atomic mass is 16.5. The van der Waals surface area contributed by atoms with Crippen LogP contribution in [0.1, 0.15) is 31.4 Å². The van der Waals surface area contributed by atoms with E-state index in [1.807, 2.05) is 6.92 Å². The summed E-state index contributed by atoms with van der Waals surface area (Å²) in [6.07, 6.45) is 0.857. The standard InChI is InChI=1S/C22H23N5O6/c1-5-6-15-18(29)26(14-9-7-13(8-10-14)11-33-12(2)28)21-23-17-16(27(21)19(15)30)20(31)25(4)22(32)24(17)3/h7-10,30H,5-6,11H2,1-4H3. The van der Waals surface area contributed by atoms with Crippen LogP contribution in [0.4, 0.5) is 0 Å². The van der Waals surface area contributed by atoms with Crippen LogP contribution in [0.5, 0.6) is 5.88 Å². The number of carbonyl (C=O) groups excluding carboxylic acids is 1. The van der Waals surface area contributed by atoms with E-state index < -0.39 is 22.8 Å². The van der Waals surface area contributed by atoms with Gasteiger partial charge in [0.1, 0.15) is 6.61 Å². The summed E-state index contributed by atoms with van der Waals surface area (Å²) in [7, 11) is 2.80. The van der Waals surface area contributed by atoms with Crippen LogP contribution >= 0.6 is 0 Å². The van der Waals surface area contributed by atoms with Crippen LogP contribution < -0.4 is 16.8 Å². The molecule has 0 aliphatic rings. The minimum Gasteiger partial charge on any atom is -0.494 e. The number of fused-ring (bicyclic) bond motifs is 3. The lowest BCUT2D eigenvalue weighted by Gasteiger charge is -2.13. The van der Waals surface area contributed by atoms with Gasteiger partial charge in [-0.3, -0.25) is 23.5 Å². The van der Waals surface area contributed by atoms with E-state index in [0.717, 1.165) is 10.1 Å². The van der Waals surface area contributed by atoms with E-state index in [4.69, 9.17) is 4.74 Å². The van der Waals surface area contributed by atoms with Crippen LogP contribution in [0.15, 0.2) is 38.6 Å². The Kier molecular flexibility index (Phi) is 5.40. The summed E-state index contributed by atoms with van der Waals surface area (Å²) in [5.74, 6) is -0.785. The predicted octanol–water partition coefficient (Wildman–Crippen LogP) is 0.757. The minimum atomic E-state index is -0.639. The smallest absolute Gasteiger partial charge is 0.332 e. The number of nitrogens with zero attached hydrogens (tertiary/aromatic N) is 5. The summed E-state index contributed by atoms with van der Waals surface area (Å²) < 4.78 is 9.63. The molecule has 3 heterocycles.